The fraction of sp³-hybridized carbons (Fsp3) is 0.692. The molecule has 2 rings (SSSR count). The summed E-state index contributed by atoms with van der Waals surface area (Å²) in [5, 5.41) is 5.11. The van der Waals surface area contributed by atoms with Crippen LogP contribution in [0.4, 0.5) is 0 Å². The Morgan fingerprint density at radius 2 is 2.16 bits per heavy atom. The molecule has 1 aliphatic heterocycles. The highest BCUT2D eigenvalue weighted by Gasteiger charge is 2.25. The van der Waals surface area contributed by atoms with Crippen LogP contribution >= 0.6 is 11.3 Å². The van der Waals surface area contributed by atoms with E-state index in [0.717, 1.165) is 32.5 Å². The standard InChI is InChI=1S/C13H22N2O2S2/c1-2-3-12-4-5-13(18-12)9-15-7-6-11(8-15)10-19(14,16)17/h4-5,11H,2-3,6-10H2,1H3,(H2,14,16,17). The Bertz CT molecular complexity index is 510. The number of sulfonamides is 1. The molecule has 1 aromatic heterocycles. The predicted octanol–water partition coefficient (Wildman–Crippen LogP) is 1.81. The molecule has 0 aromatic carbocycles. The zero-order valence-electron chi connectivity index (χ0n) is 11.3. The first-order chi connectivity index (χ1) is 8.96. The van der Waals surface area contributed by atoms with Gasteiger partial charge in [-0.15, -0.1) is 11.3 Å². The molecule has 0 radical (unpaired) electrons. The van der Waals surface area contributed by atoms with Crippen molar-refractivity contribution in [3.05, 3.63) is 21.9 Å². The number of nitrogens with zero attached hydrogens (tertiary/aromatic N) is 1. The van der Waals surface area contributed by atoms with Crippen molar-refractivity contribution in [1.82, 2.24) is 4.90 Å². The van der Waals surface area contributed by atoms with Crippen molar-refractivity contribution in [3.63, 3.8) is 0 Å². The van der Waals surface area contributed by atoms with E-state index in [1.54, 1.807) is 0 Å². The van der Waals surface area contributed by atoms with E-state index in [9.17, 15) is 8.42 Å². The van der Waals surface area contributed by atoms with E-state index >= 15 is 0 Å². The van der Waals surface area contributed by atoms with Crippen LogP contribution in [0.5, 0.6) is 0 Å². The zero-order valence-corrected chi connectivity index (χ0v) is 13.0. The fourth-order valence-corrected chi connectivity index (χ4v) is 4.72. The highest BCUT2D eigenvalue weighted by Crippen LogP contribution is 2.24. The first-order valence-electron chi connectivity index (χ1n) is 6.76. The summed E-state index contributed by atoms with van der Waals surface area (Å²) >= 11 is 1.87. The minimum atomic E-state index is -3.33. The van der Waals surface area contributed by atoms with Crippen LogP contribution in [0.15, 0.2) is 12.1 Å². The maximum absolute atomic E-state index is 11.1. The lowest BCUT2D eigenvalue weighted by Gasteiger charge is -2.14. The Morgan fingerprint density at radius 1 is 1.42 bits per heavy atom. The Balaban J connectivity index is 1.84. The van der Waals surface area contributed by atoms with E-state index in [1.165, 1.54) is 16.2 Å². The molecule has 0 amide bonds. The summed E-state index contributed by atoms with van der Waals surface area (Å²) in [4.78, 5) is 5.15. The molecule has 108 valence electrons. The van der Waals surface area contributed by atoms with Gasteiger partial charge in [0.1, 0.15) is 0 Å². The van der Waals surface area contributed by atoms with Gasteiger partial charge in [-0.25, -0.2) is 13.6 Å². The third kappa shape index (κ3) is 4.87. The Kier molecular flexibility index (Phi) is 5.00. The lowest BCUT2D eigenvalue weighted by Crippen LogP contribution is -2.26. The van der Waals surface area contributed by atoms with Gasteiger partial charge >= 0.3 is 0 Å². The topological polar surface area (TPSA) is 63.4 Å². The Morgan fingerprint density at radius 3 is 2.84 bits per heavy atom. The second-order valence-electron chi connectivity index (χ2n) is 5.34. The SMILES string of the molecule is CCCc1ccc(CN2CCC(CS(N)(=O)=O)C2)s1. The van der Waals surface area contributed by atoms with E-state index in [4.69, 9.17) is 5.14 Å². The quantitative estimate of drug-likeness (QED) is 0.871. The van der Waals surface area contributed by atoms with Crippen LogP contribution < -0.4 is 5.14 Å². The summed E-state index contributed by atoms with van der Waals surface area (Å²) in [7, 11) is -3.33. The largest absolute Gasteiger partial charge is 0.298 e. The van der Waals surface area contributed by atoms with Gasteiger partial charge in [0, 0.05) is 22.8 Å². The monoisotopic (exact) mass is 302 g/mol. The van der Waals surface area contributed by atoms with Crippen LogP contribution in [0.1, 0.15) is 29.5 Å². The fourth-order valence-electron chi connectivity index (χ4n) is 2.63. The van der Waals surface area contributed by atoms with Gasteiger partial charge in [0.05, 0.1) is 5.75 Å². The number of rotatable bonds is 6. The number of nitrogens with two attached hydrogens (primary N) is 1. The minimum Gasteiger partial charge on any atom is -0.298 e. The molecule has 0 spiro atoms. The maximum Gasteiger partial charge on any atom is 0.209 e. The van der Waals surface area contributed by atoms with Crippen LogP contribution in [0.2, 0.25) is 0 Å². The van der Waals surface area contributed by atoms with Crippen molar-refractivity contribution < 1.29 is 8.42 Å². The summed E-state index contributed by atoms with van der Waals surface area (Å²) < 4.78 is 22.2. The van der Waals surface area contributed by atoms with Gasteiger partial charge in [-0.3, -0.25) is 4.90 Å². The molecule has 19 heavy (non-hydrogen) atoms. The van der Waals surface area contributed by atoms with Crippen LogP contribution in [-0.4, -0.2) is 32.2 Å². The van der Waals surface area contributed by atoms with Crippen molar-refractivity contribution in [2.75, 3.05) is 18.8 Å². The van der Waals surface area contributed by atoms with Crippen molar-refractivity contribution in [2.45, 2.75) is 32.7 Å². The van der Waals surface area contributed by atoms with Gasteiger partial charge in [0.25, 0.3) is 0 Å². The van der Waals surface area contributed by atoms with E-state index < -0.39 is 10.0 Å². The van der Waals surface area contributed by atoms with Gasteiger partial charge < -0.3 is 0 Å². The van der Waals surface area contributed by atoms with Crippen molar-refractivity contribution in [3.8, 4) is 0 Å². The van der Waals surface area contributed by atoms with Gasteiger partial charge in [0.15, 0.2) is 0 Å². The molecule has 0 aliphatic carbocycles. The Labute approximate surface area is 119 Å². The van der Waals surface area contributed by atoms with Gasteiger partial charge in [0.2, 0.25) is 10.0 Å². The summed E-state index contributed by atoms with van der Waals surface area (Å²) in [6.45, 7) is 4.95. The Hall–Kier alpha value is -0.430. The molecule has 0 bridgehead atoms. The molecule has 2 heterocycles. The minimum absolute atomic E-state index is 0.120. The first kappa shape index (κ1) is 15.0. The average molecular weight is 302 g/mol. The van der Waals surface area contributed by atoms with E-state index in [0.29, 0.717) is 0 Å². The van der Waals surface area contributed by atoms with E-state index in [1.807, 2.05) is 11.3 Å². The maximum atomic E-state index is 11.1. The molecule has 1 atom stereocenters. The number of hydrogen-bond acceptors (Lipinski definition) is 4. The third-order valence-electron chi connectivity index (χ3n) is 3.43. The summed E-state index contributed by atoms with van der Waals surface area (Å²) in [5.74, 6) is 0.319. The molecular weight excluding hydrogens is 280 g/mol. The molecule has 4 nitrogen and oxygen atoms in total. The second kappa shape index (κ2) is 6.35. The number of aryl methyl sites for hydroxylation is 1. The molecule has 2 N–H and O–H groups in total. The molecule has 1 aliphatic rings. The second-order valence-corrected chi connectivity index (χ2v) is 8.25. The van der Waals surface area contributed by atoms with Crippen LogP contribution in [0.25, 0.3) is 0 Å². The van der Waals surface area contributed by atoms with Crippen molar-refractivity contribution >= 4 is 21.4 Å². The van der Waals surface area contributed by atoms with E-state index in [-0.39, 0.29) is 11.7 Å². The number of likely N-dealkylation sites (tertiary alicyclic amines) is 1. The first-order valence-corrected chi connectivity index (χ1v) is 9.30. The molecule has 0 saturated carbocycles. The lowest BCUT2D eigenvalue weighted by atomic mass is 10.2. The molecule has 1 fully saturated rings. The molecule has 1 aromatic rings. The lowest BCUT2D eigenvalue weighted by molar-refractivity contribution is 0.323. The molecule has 6 heteroatoms. The number of primary sulfonamides is 1. The molecule has 1 saturated heterocycles. The predicted molar refractivity (Wildman–Crippen MR) is 79.7 cm³/mol. The molecule has 1 unspecified atom stereocenters. The summed E-state index contributed by atoms with van der Waals surface area (Å²) in [6.07, 6.45) is 3.27. The van der Waals surface area contributed by atoms with Crippen molar-refractivity contribution in [1.29, 1.82) is 0 Å². The van der Waals surface area contributed by atoms with Gasteiger partial charge in [-0.2, -0.15) is 0 Å². The number of thiophene rings is 1. The normalized spacial score (nSPS) is 21.1. The van der Waals surface area contributed by atoms with E-state index in [2.05, 4.69) is 24.0 Å². The third-order valence-corrected chi connectivity index (χ3v) is 5.50. The van der Waals surface area contributed by atoms with Gasteiger partial charge in [-0.05, 0) is 37.4 Å². The highest BCUT2D eigenvalue weighted by molar-refractivity contribution is 7.89. The smallest absolute Gasteiger partial charge is 0.209 e. The van der Waals surface area contributed by atoms with Crippen molar-refractivity contribution in [2.24, 2.45) is 11.1 Å². The van der Waals surface area contributed by atoms with Crippen LogP contribution in [0.3, 0.4) is 0 Å². The zero-order chi connectivity index (χ0) is 13.9. The summed E-state index contributed by atoms with van der Waals surface area (Å²) in [6, 6.07) is 4.41. The van der Waals surface area contributed by atoms with Crippen LogP contribution in [-0.2, 0) is 23.0 Å². The molecular formula is C13H22N2O2S2. The van der Waals surface area contributed by atoms with Gasteiger partial charge in [-0.1, -0.05) is 13.3 Å². The summed E-state index contributed by atoms with van der Waals surface area (Å²) in [5.41, 5.74) is 0. The number of hydrogen-bond donors (Lipinski definition) is 1. The van der Waals surface area contributed by atoms with Crippen LogP contribution in [0, 0.1) is 5.92 Å². The highest BCUT2D eigenvalue weighted by atomic mass is 32.2. The average Bonchev–Trinajstić information content (AvgIpc) is 2.88.